The van der Waals surface area contributed by atoms with Gasteiger partial charge in [0.15, 0.2) is 0 Å². The zero-order valence-corrected chi connectivity index (χ0v) is 14.9. The lowest BCUT2D eigenvalue weighted by Gasteiger charge is -2.37. The second kappa shape index (κ2) is 7.15. The third-order valence-corrected chi connectivity index (χ3v) is 4.83. The summed E-state index contributed by atoms with van der Waals surface area (Å²) in [5, 5.41) is 2.95. The predicted molar refractivity (Wildman–Crippen MR) is 101 cm³/mol. The number of fused-ring (bicyclic) bond motifs is 1. The molecule has 0 saturated carbocycles. The van der Waals surface area contributed by atoms with Gasteiger partial charge in [-0.3, -0.25) is 0 Å². The molecule has 6 heteroatoms. The summed E-state index contributed by atoms with van der Waals surface area (Å²) in [4.78, 5) is 14.8. The smallest absolute Gasteiger partial charge is 0.322 e. The number of halogens is 1. The lowest BCUT2D eigenvalue weighted by molar-refractivity contribution is 0.182. The number of ether oxygens (including phenoxy) is 1. The largest absolute Gasteiger partial charge is 0.497 e. The summed E-state index contributed by atoms with van der Waals surface area (Å²) in [7, 11) is 1.60. The van der Waals surface area contributed by atoms with Crippen molar-refractivity contribution in [3.63, 3.8) is 0 Å². The van der Waals surface area contributed by atoms with Crippen molar-refractivity contribution in [1.29, 1.82) is 0 Å². The Morgan fingerprint density at radius 1 is 1.07 bits per heavy atom. The summed E-state index contributed by atoms with van der Waals surface area (Å²) in [6.07, 6.45) is 2.00. The third-order valence-electron chi connectivity index (χ3n) is 4.83. The van der Waals surface area contributed by atoms with Gasteiger partial charge < -0.3 is 19.5 Å². The van der Waals surface area contributed by atoms with Gasteiger partial charge in [-0.15, -0.1) is 0 Å². The number of carbonyl (C=O) groups excluding carboxylic acids is 1. The molecule has 0 aliphatic carbocycles. The number of benzene rings is 2. The highest BCUT2D eigenvalue weighted by Gasteiger charge is 2.32. The molecule has 1 aromatic heterocycles. The van der Waals surface area contributed by atoms with Crippen molar-refractivity contribution in [2.45, 2.75) is 12.6 Å². The van der Waals surface area contributed by atoms with Crippen LogP contribution in [0.4, 0.5) is 14.9 Å². The van der Waals surface area contributed by atoms with Crippen LogP contribution in [0.5, 0.6) is 5.75 Å². The number of carbonyl (C=O) groups is 1. The van der Waals surface area contributed by atoms with Crippen molar-refractivity contribution < 1.29 is 13.9 Å². The Morgan fingerprint density at radius 2 is 1.81 bits per heavy atom. The van der Waals surface area contributed by atoms with Crippen LogP contribution in [0.2, 0.25) is 0 Å². The van der Waals surface area contributed by atoms with E-state index in [1.54, 1.807) is 48.4 Å². The standard InChI is InChI=1S/C21H20FN3O2/c1-27-18-10-8-17(9-11-18)23-21(26)25-14-13-24-12-2-3-19(24)20(25)15-4-6-16(22)7-5-15/h2-12,20H,13-14H2,1H3,(H,23,26). The van der Waals surface area contributed by atoms with Crippen LogP contribution in [0.15, 0.2) is 66.9 Å². The first kappa shape index (κ1) is 17.1. The number of methoxy groups -OCH3 is 1. The van der Waals surface area contributed by atoms with Gasteiger partial charge in [0.25, 0.3) is 0 Å². The summed E-state index contributed by atoms with van der Waals surface area (Å²) in [5.74, 6) is 0.437. The minimum atomic E-state index is -0.292. The van der Waals surface area contributed by atoms with Gasteiger partial charge in [0.2, 0.25) is 0 Å². The zero-order chi connectivity index (χ0) is 18.8. The molecule has 1 unspecified atom stereocenters. The van der Waals surface area contributed by atoms with E-state index in [2.05, 4.69) is 9.88 Å². The molecule has 2 heterocycles. The third kappa shape index (κ3) is 3.38. The van der Waals surface area contributed by atoms with Crippen LogP contribution in [-0.4, -0.2) is 29.2 Å². The average molecular weight is 365 g/mol. The van der Waals surface area contributed by atoms with Crippen LogP contribution in [0.3, 0.4) is 0 Å². The molecule has 0 bridgehead atoms. The number of hydrogen-bond donors (Lipinski definition) is 1. The SMILES string of the molecule is COc1ccc(NC(=O)N2CCn3cccc3C2c2ccc(F)cc2)cc1. The molecular weight excluding hydrogens is 345 g/mol. The normalized spacial score (nSPS) is 15.9. The molecular formula is C21H20FN3O2. The Hall–Kier alpha value is -3.28. The van der Waals surface area contributed by atoms with Crippen LogP contribution in [0.1, 0.15) is 17.3 Å². The molecule has 27 heavy (non-hydrogen) atoms. The van der Waals surface area contributed by atoms with Crippen molar-refractivity contribution in [1.82, 2.24) is 9.47 Å². The maximum atomic E-state index is 13.4. The highest BCUT2D eigenvalue weighted by Crippen LogP contribution is 2.33. The van der Waals surface area contributed by atoms with Crippen molar-refractivity contribution >= 4 is 11.7 Å². The topological polar surface area (TPSA) is 46.5 Å². The molecule has 0 spiro atoms. The second-order valence-electron chi connectivity index (χ2n) is 6.43. The van der Waals surface area contributed by atoms with E-state index < -0.39 is 0 Å². The number of rotatable bonds is 3. The van der Waals surface area contributed by atoms with Gasteiger partial charge in [-0.1, -0.05) is 12.1 Å². The fraction of sp³-hybridized carbons (Fsp3) is 0.190. The fourth-order valence-corrected chi connectivity index (χ4v) is 3.47. The van der Waals surface area contributed by atoms with E-state index in [1.807, 2.05) is 18.3 Å². The molecule has 0 saturated heterocycles. The van der Waals surface area contributed by atoms with Gasteiger partial charge in [0.05, 0.1) is 13.2 Å². The van der Waals surface area contributed by atoms with Gasteiger partial charge in [0, 0.05) is 30.7 Å². The molecule has 138 valence electrons. The first-order chi connectivity index (χ1) is 13.2. The molecule has 0 radical (unpaired) electrons. The van der Waals surface area contributed by atoms with Crippen molar-refractivity contribution in [3.05, 3.63) is 83.9 Å². The van der Waals surface area contributed by atoms with E-state index in [1.165, 1.54) is 12.1 Å². The van der Waals surface area contributed by atoms with Crippen molar-refractivity contribution in [2.75, 3.05) is 19.0 Å². The Kier molecular flexibility index (Phi) is 4.54. The second-order valence-corrected chi connectivity index (χ2v) is 6.43. The van der Waals surface area contributed by atoms with Crippen LogP contribution >= 0.6 is 0 Å². The van der Waals surface area contributed by atoms with Crippen LogP contribution < -0.4 is 10.1 Å². The molecule has 1 aliphatic rings. The monoisotopic (exact) mass is 365 g/mol. The van der Waals surface area contributed by atoms with Crippen LogP contribution in [-0.2, 0) is 6.54 Å². The first-order valence-electron chi connectivity index (χ1n) is 8.78. The quantitative estimate of drug-likeness (QED) is 0.753. The number of amides is 2. The van der Waals surface area contributed by atoms with Gasteiger partial charge in [-0.2, -0.15) is 0 Å². The van der Waals surface area contributed by atoms with E-state index >= 15 is 0 Å². The molecule has 1 atom stereocenters. The van der Waals surface area contributed by atoms with Crippen molar-refractivity contribution in [3.8, 4) is 5.75 Å². The summed E-state index contributed by atoms with van der Waals surface area (Å²) in [6.45, 7) is 1.28. The number of nitrogens with zero attached hydrogens (tertiary/aromatic N) is 2. The molecule has 0 fully saturated rings. The van der Waals surface area contributed by atoms with E-state index in [4.69, 9.17) is 4.74 Å². The van der Waals surface area contributed by atoms with Crippen LogP contribution in [0.25, 0.3) is 0 Å². The molecule has 1 aliphatic heterocycles. The lowest BCUT2D eigenvalue weighted by atomic mass is 10.0. The summed E-state index contributed by atoms with van der Waals surface area (Å²) >= 11 is 0. The highest BCUT2D eigenvalue weighted by molar-refractivity contribution is 5.90. The van der Waals surface area contributed by atoms with E-state index in [9.17, 15) is 9.18 Å². The summed E-state index contributed by atoms with van der Waals surface area (Å²) in [5.41, 5.74) is 2.58. The maximum Gasteiger partial charge on any atom is 0.322 e. The molecule has 5 nitrogen and oxygen atoms in total. The maximum absolute atomic E-state index is 13.4. The predicted octanol–water partition coefficient (Wildman–Crippen LogP) is 4.27. The average Bonchev–Trinajstić information content (AvgIpc) is 3.17. The number of nitrogens with one attached hydrogen (secondary N) is 1. The minimum Gasteiger partial charge on any atom is -0.497 e. The fourth-order valence-electron chi connectivity index (χ4n) is 3.47. The minimum absolute atomic E-state index is 0.193. The van der Waals surface area contributed by atoms with Gasteiger partial charge in [-0.05, 0) is 54.1 Å². The number of anilines is 1. The number of urea groups is 1. The lowest BCUT2D eigenvalue weighted by Crippen LogP contribution is -2.44. The van der Waals surface area contributed by atoms with Gasteiger partial charge in [0.1, 0.15) is 11.6 Å². The van der Waals surface area contributed by atoms with Gasteiger partial charge >= 0.3 is 6.03 Å². The Labute approximate surface area is 157 Å². The molecule has 2 amide bonds. The Bertz CT molecular complexity index is 935. The summed E-state index contributed by atoms with van der Waals surface area (Å²) < 4.78 is 20.7. The van der Waals surface area contributed by atoms with E-state index in [0.717, 1.165) is 23.6 Å². The highest BCUT2D eigenvalue weighted by atomic mass is 19.1. The number of hydrogen-bond acceptors (Lipinski definition) is 2. The Balaban J connectivity index is 1.63. The van der Waals surface area contributed by atoms with Gasteiger partial charge in [-0.25, -0.2) is 9.18 Å². The number of aromatic nitrogens is 1. The molecule has 2 aromatic carbocycles. The molecule has 3 aromatic rings. The molecule has 4 rings (SSSR count). The van der Waals surface area contributed by atoms with Crippen molar-refractivity contribution in [2.24, 2.45) is 0 Å². The summed E-state index contributed by atoms with van der Waals surface area (Å²) in [6, 6.07) is 17.0. The van der Waals surface area contributed by atoms with Crippen LogP contribution in [0, 0.1) is 5.82 Å². The zero-order valence-electron chi connectivity index (χ0n) is 14.9. The van der Waals surface area contributed by atoms with E-state index in [-0.39, 0.29) is 17.9 Å². The molecule has 1 N–H and O–H groups in total. The Morgan fingerprint density at radius 3 is 2.52 bits per heavy atom. The van der Waals surface area contributed by atoms with E-state index in [0.29, 0.717) is 12.2 Å². The first-order valence-corrected chi connectivity index (χ1v) is 8.78.